The Morgan fingerprint density at radius 1 is 1.56 bits per heavy atom. The lowest BCUT2D eigenvalue weighted by atomic mass is 9.96. The number of rotatable bonds is 3. The van der Waals surface area contributed by atoms with Gasteiger partial charge in [0.25, 0.3) is 0 Å². The Morgan fingerprint density at radius 3 is 3.06 bits per heavy atom. The summed E-state index contributed by atoms with van der Waals surface area (Å²) in [7, 11) is 0. The zero-order chi connectivity index (χ0) is 13.0. The molecule has 0 spiro atoms. The van der Waals surface area contributed by atoms with Crippen molar-refractivity contribution in [1.82, 2.24) is 15.2 Å². The second kappa shape index (κ2) is 5.78. The fraction of sp³-hybridized carbons (Fsp3) is 0.643. The van der Waals surface area contributed by atoms with E-state index in [-0.39, 0.29) is 18.2 Å². The first kappa shape index (κ1) is 13.5. The van der Waals surface area contributed by atoms with Crippen molar-refractivity contribution in [2.75, 3.05) is 19.7 Å². The molecule has 4 heteroatoms. The van der Waals surface area contributed by atoms with Crippen LogP contribution in [0, 0.1) is 0 Å². The van der Waals surface area contributed by atoms with E-state index >= 15 is 0 Å². The molecule has 0 saturated carbocycles. The third-order valence-corrected chi connectivity index (χ3v) is 3.80. The van der Waals surface area contributed by atoms with Crippen molar-refractivity contribution < 1.29 is 5.11 Å². The van der Waals surface area contributed by atoms with Gasteiger partial charge in [0.1, 0.15) is 0 Å². The Bertz CT molecular complexity index is 367. The van der Waals surface area contributed by atoms with Crippen LogP contribution in [0.5, 0.6) is 0 Å². The van der Waals surface area contributed by atoms with Crippen LogP contribution in [0.4, 0.5) is 0 Å². The molecule has 1 unspecified atom stereocenters. The molecule has 2 heterocycles. The van der Waals surface area contributed by atoms with E-state index in [2.05, 4.69) is 35.1 Å². The Morgan fingerprint density at radius 2 is 2.39 bits per heavy atom. The maximum atomic E-state index is 9.60. The number of hydrogen-bond donors (Lipinski definition) is 2. The molecule has 18 heavy (non-hydrogen) atoms. The van der Waals surface area contributed by atoms with Gasteiger partial charge in [0.2, 0.25) is 0 Å². The lowest BCUT2D eigenvalue weighted by Gasteiger charge is -2.41. The van der Waals surface area contributed by atoms with Crippen LogP contribution in [0.25, 0.3) is 0 Å². The summed E-state index contributed by atoms with van der Waals surface area (Å²) in [6.45, 7) is 7.38. The van der Waals surface area contributed by atoms with Gasteiger partial charge in [-0.2, -0.15) is 0 Å². The highest BCUT2D eigenvalue weighted by atomic mass is 16.3. The van der Waals surface area contributed by atoms with Gasteiger partial charge in [-0.15, -0.1) is 0 Å². The largest absolute Gasteiger partial charge is 0.395 e. The first-order valence-electron chi connectivity index (χ1n) is 6.61. The minimum absolute atomic E-state index is 0.0900. The molecule has 1 aliphatic rings. The average molecular weight is 249 g/mol. The molecule has 0 radical (unpaired) electrons. The van der Waals surface area contributed by atoms with Gasteiger partial charge < -0.3 is 10.4 Å². The molecular weight excluding hydrogens is 226 g/mol. The summed E-state index contributed by atoms with van der Waals surface area (Å²) >= 11 is 0. The molecule has 1 aromatic rings. The number of aliphatic hydroxyl groups excluding tert-OH is 1. The van der Waals surface area contributed by atoms with Crippen LogP contribution in [-0.2, 0) is 6.54 Å². The molecule has 0 bridgehead atoms. The maximum Gasteiger partial charge on any atom is 0.0599 e. The summed E-state index contributed by atoms with van der Waals surface area (Å²) in [5, 5.41) is 13.0. The van der Waals surface area contributed by atoms with E-state index < -0.39 is 0 Å². The van der Waals surface area contributed by atoms with Gasteiger partial charge in [0.05, 0.1) is 6.61 Å². The van der Waals surface area contributed by atoms with Crippen LogP contribution in [0.2, 0.25) is 0 Å². The smallest absolute Gasteiger partial charge is 0.0599 e. The van der Waals surface area contributed by atoms with E-state index in [0.717, 1.165) is 26.1 Å². The van der Waals surface area contributed by atoms with Crippen LogP contribution in [0.1, 0.15) is 25.8 Å². The van der Waals surface area contributed by atoms with Crippen molar-refractivity contribution in [3.8, 4) is 0 Å². The van der Waals surface area contributed by atoms with Crippen molar-refractivity contribution >= 4 is 0 Å². The minimum atomic E-state index is 0.0900. The summed E-state index contributed by atoms with van der Waals surface area (Å²) in [4.78, 5) is 6.56. The molecule has 4 nitrogen and oxygen atoms in total. The van der Waals surface area contributed by atoms with E-state index in [9.17, 15) is 5.11 Å². The van der Waals surface area contributed by atoms with Crippen LogP contribution in [0.15, 0.2) is 24.5 Å². The Labute approximate surface area is 109 Å². The van der Waals surface area contributed by atoms with E-state index in [1.54, 1.807) is 6.20 Å². The Kier molecular flexibility index (Phi) is 4.32. The van der Waals surface area contributed by atoms with E-state index in [4.69, 9.17) is 0 Å². The number of nitrogens with zero attached hydrogens (tertiary/aromatic N) is 2. The SMILES string of the molecule is CC1(C)CCNCC(CO)N1Cc1cccnc1. The van der Waals surface area contributed by atoms with Crippen molar-refractivity contribution in [3.63, 3.8) is 0 Å². The third-order valence-electron chi connectivity index (χ3n) is 3.80. The molecule has 1 atom stereocenters. The van der Waals surface area contributed by atoms with E-state index in [1.807, 2.05) is 12.3 Å². The van der Waals surface area contributed by atoms with Crippen molar-refractivity contribution in [2.24, 2.45) is 0 Å². The second-order valence-electron chi connectivity index (χ2n) is 5.59. The van der Waals surface area contributed by atoms with Crippen LogP contribution < -0.4 is 5.32 Å². The highest BCUT2D eigenvalue weighted by Crippen LogP contribution is 2.25. The van der Waals surface area contributed by atoms with E-state index in [1.165, 1.54) is 5.56 Å². The molecule has 100 valence electrons. The molecule has 1 saturated heterocycles. The summed E-state index contributed by atoms with van der Waals surface area (Å²) in [5.74, 6) is 0. The van der Waals surface area contributed by atoms with Gasteiger partial charge in [-0.25, -0.2) is 0 Å². The summed E-state index contributed by atoms with van der Waals surface area (Å²) < 4.78 is 0. The summed E-state index contributed by atoms with van der Waals surface area (Å²) in [5.41, 5.74) is 1.29. The second-order valence-corrected chi connectivity index (χ2v) is 5.59. The van der Waals surface area contributed by atoms with Crippen LogP contribution >= 0.6 is 0 Å². The van der Waals surface area contributed by atoms with Crippen LogP contribution in [-0.4, -0.2) is 46.3 Å². The van der Waals surface area contributed by atoms with Gasteiger partial charge >= 0.3 is 0 Å². The fourth-order valence-corrected chi connectivity index (χ4v) is 2.61. The zero-order valence-electron chi connectivity index (χ0n) is 11.3. The number of nitrogens with one attached hydrogen (secondary N) is 1. The standard InChI is InChI=1S/C14H23N3O/c1-14(2)5-7-16-9-13(11-18)17(14)10-12-4-3-6-15-8-12/h3-4,6,8,13,16,18H,5,7,9-11H2,1-2H3. The monoisotopic (exact) mass is 249 g/mol. The fourth-order valence-electron chi connectivity index (χ4n) is 2.61. The lowest BCUT2D eigenvalue weighted by Crippen LogP contribution is -2.51. The summed E-state index contributed by atoms with van der Waals surface area (Å²) in [6, 6.07) is 4.23. The molecule has 0 amide bonds. The predicted octanol–water partition coefficient (Wildman–Crippen LogP) is 1.02. The number of pyridine rings is 1. The minimum Gasteiger partial charge on any atom is -0.395 e. The molecule has 0 aliphatic carbocycles. The molecule has 1 fully saturated rings. The third kappa shape index (κ3) is 3.07. The topological polar surface area (TPSA) is 48.4 Å². The van der Waals surface area contributed by atoms with Gasteiger partial charge in [-0.3, -0.25) is 9.88 Å². The van der Waals surface area contributed by atoms with Gasteiger partial charge in [-0.05, 0) is 38.4 Å². The van der Waals surface area contributed by atoms with Crippen LogP contribution in [0.3, 0.4) is 0 Å². The maximum absolute atomic E-state index is 9.60. The highest BCUT2D eigenvalue weighted by Gasteiger charge is 2.34. The summed E-state index contributed by atoms with van der Waals surface area (Å²) in [6.07, 6.45) is 4.79. The van der Waals surface area contributed by atoms with Crippen molar-refractivity contribution in [1.29, 1.82) is 0 Å². The van der Waals surface area contributed by atoms with Crippen molar-refractivity contribution in [2.45, 2.75) is 38.4 Å². The molecule has 2 rings (SSSR count). The molecule has 2 N–H and O–H groups in total. The highest BCUT2D eigenvalue weighted by molar-refractivity contribution is 5.10. The number of aliphatic hydroxyl groups is 1. The normalized spacial score (nSPS) is 24.7. The quantitative estimate of drug-likeness (QED) is 0.839. The first-order valence-corrected chi connectivity index (χ1v) is 6.61. The van der Waals surface area contributed by atoms with Gasteiger partial charge in [0.15, 0.2) is 0 Å². The van der Waals surface area contributed by atoms with Crippen molar-refractivity contribution in [3.05, 3.63) is 30.1 Å². The number of aromatic nitrogens is 1. The molecule has 0 aromatic carbocycles. The molecule has 1 aliphatic heterocycles. The zero-order valence-corrected chi connectivity index (χ0v) is 11.3. The molecular formula is C14H23N3O. The number of hydrogen-bond acceptors (Lipinski definition) is 4. The lowest BCUT2D eigenvalue weighted by molar-refractivity contribution is 0.0379. The molecule has 1 aromatic heterocycles. The Hall–Kier alpha value is -0.970. The van der Waals surface area contributed by atoms with Gasteiger partial charge in [0, 0.05) is 37.1 Å². The average Bonchev–Trinajstić information content (AvgIpc) is 2.51. The first-order chi connectivity index (χ1) is 8.63. The predicted molar refractivity (Wildman–Crippen MR) is 72.2 cm³/mol. The van der Waals surface area contributed by atoms with E-state index in [0.29, 0.717) is 0 Å². The Balaban J connectivity index is 2.18. The van der Waals surface area contributed by atoms with Gasteiger partial charge in [-0.1, -0.05) is 6.07 Å².